The van der Waals surface area contributed by atoms with E-state index in [4.69, 9.17) is 23.7 Å². The Bertz CT molecular complexity index is 988. The predicted molar refractivity (Wildman–Crippen MR) is 124 cm³/mol. The van der Waals surface area contributed by atoms with Gasteiger partial charge in [0.15, 0.2) is 0 Å². The minimum Gasteiger partial charge on any atom is -0.491 e. The van der Waals surface area contributed by atoms with Crippen LogP contribution < -0.4 is 14.4 Å². The number of rotatable bonds is 0. The van der Waals surface area contributed by atoms with Crippen molar-refractivity contribution in [2.45, 2.75) is 25.0 Å². The van der Waals surface area contributed by atoms with Crippen molar-refractivity contribution < 1.29 is 23.7 Å². The number of para-hydroxylation sites is 1. The Morgan fingerprint density at radius 1 is 0.812 bits per heavy atom. The molecule has 32 heavy (non-hydrogen) atoms. The first-order valence-corrected chi connectivity index (χ1v) is 11.4. The van der Waals surface area contributed by atoms with Crippen LogP contribution in [0, 0.1) is 0 Å². The number of nitrogens with zero attached hydrogens (tertiary/aromatic N) is 1. The fraction of sp³-hybridized carbons (Fsp3) is 0.462. The highest BCUT2D eigenvalue weighted by molar-refractivity contribution is 5.72. The van der Waals surface area contributed by atoms with Gasteiger partial charge in [0.25, 0.3) is 0 Å². The molecule has 5 aliphatic heterocycles. The molecule has 1 spiro atoms. The molecule has 0 saturated carbocycles. The third-order valence-electron chi connectivity index (χ3n) is 6.60. The summed E-state index contributed by atoms with van der Waals surface area (Å²) in [7, 11) is 0. The Balaban J connectivity index is 1.50. The van der Waals surface area contributed by atoms with Gasteiger partial charge in [-0.3, -0.25) is 0 Å². The molecule has 2 aromatic rings. The first kappa shape index (κ1) is 21.3. The molecule has 0 aliphatic carbocycles. The van der Waals surface area contributed by atoms with Gasteiger partial charge in [-0.25, -0.2) is 0 Å². The second-order valence-electron chi connectivity index (χ2n) is 8.81. The second kappa shape index (κ2) is 8.77. The zero-order valence-corrected chi connectivity index (χ0v) is 18.8. The molecule has 5 heterocycles. The van der Waals surface area contributed by atoms with E-state index in [0.717, 1.165) is 17.1 Å². The van der Waals surface area contributed by atoms with Crippen molar-refractivity contribution in [1.82, 2.24) is 0 Å². The fourth-order valence-corrected chi connectivity index (χ4v) is 4.87. The van der Waals surface area contributed by atoms with Gasteiger partial charge >= 0.3 is 0 Å². The van der Waals surface area contributed by atoms with Crippen LogP contribution in [0.2, 0.25) is 0 Å². The zero-order chi connectivity index (χ0) is 22.0. The monoisotopic (exact) mass is 437 g/mol. The average molecular weight is 438 g/mol. The van der Waals surface area contributed by atoms with Gasteiger partial charge in [-0.15, -0.1) is 0 Å². The SMILES string of the molecule is CC1(C)c2ccccc2N2CCOCCOCCOCCOc3ccc4c(c3)C=CC21O4. The quantitative estimate of drug-likeness (QED) is 0.620. The van der Waals surface area contributed by atoms with E-state index >= 15 is 0 Å². The first-order valence-electron chi connectivity index (χ1n) is 11.4. The van der Waals surface area contributed by atoms with E-state index in [2.05, 4.69) is 55.2 Å². The van der Waals surface area contributed by atoms with E-state index in [1.54, 1.807) is 0 Å². The summed E-state index contributed by atoms with van der Waals surface area (Å²) >= 11 is 0. The summed E-state index contributed by atoms with van der Waals surface area (Å²) in [6.45, 7) is 9.02. The number of anilines is 1. The number of benzene rings is 2. The summed E-state index contributed by atoms with van der Waals surface area (Å²) in [5.41, 5.74) is 2.59. The summed E-state index contributed by atoms with van der Waals surface area (Å²) in [6, 6.07) is 14.6. The Hall–Kier alpha value is -2.54. The van der Waals surface area contributed by atoms with Crippen LogP contribution in [0.25, 0.3) is 6.08 Å². The van der Waals surface area contributed by atoms with Gasteiger partial charge in [-0.2, -0.15) is 0 Å². The topological polar surface area (TPSA) is 49.4 Å². The molecule has 0 saturated heterocycles. The normalized spacial score (nSPS) is 25.1. The van der Waals surface area contributed by atoms with Gasteiger partial charge in [0.2, 0.25) is 5.72 Å². The van der Waals surface area contributed by atoms with E-state index in [1.165, 1.54) is 11.3 Å². The molecular weight excluding hydrogens is 406 g/mol. The fourth-order valence-electron chi connectivity index (χ4n) is 4.87. The maximum absolute atomic E-state index is 6.84. The lowest BCUT2D eigenvalue weighted by molar-refractivity contribution is 0.00724. The molecule has 6 heteroatoms. The van der Waals surface area contributed by atoms with E-state index in [1.807, 2.05) is 18.2 Å². The van der Waals surface area contributed by atoms with E-state index in [0.29, 0.717) is 52.8 Å². The summed E-state index contributed by atoms with van der Waals surface area (Å²) in [4.78, 5) is 2.34. The van der Waals surface area contributed by atoms with Crippen molar-refractivity contribution in [3.8, 4) is 11.5 Å². The Morgan fingerprint density at radius 3 is 2.34 bits per heavy atom. The van der Waals surface area contributed by atoms with Crippen LogP contribution in [0.1, 0.15) is 25.0 Å². The summed E-state index contributed by atoms with van der Waals surface area (Å²) in [5.74, 6) is 1.67. The van der Waals surface area contributed by atoms with Crippen molar-refractivity contribution in [3.05, 3.63) is 59.7 Å². The second-order valence-corrected chi connectivity index (χ2v) is 8.81. The van der Waals surface area contributed by atoms with Gasteiger partial charge in [0.05, 0.1) is 45.1 Å². The molecule has 1 atom stereocenters. The van der Waals surface area contributed by atoms with Crippen LogP contribution in [-0.2, 0) is 19.6 Å². The number of hydrogen-bond donors (Lipinski definition) is 0. The van der Waals surface area contributed by atoms with Crippen LogP contribution in [0.15, 0.2) is 48.5 Å². The van der Waals surface area contributed by atoms with Crippen molar-refractivity contribution >= 4 is 11.8 Å². The molecule has 7 rings (SSSR count). The van der Waals surface area contributed by atoms with Crippen LogP contribution in [0.3, 0.4) is 0 Å². The molecule has 0 N–H and O–H groups in total. The van der Waals surface area contributed by atoms with Crippen molar-refractivity contribution in [2.75, 3.05) is 57.7 Å². The first-order chi connectivity index (χ1) is 15.6. The lowest BCUT2D eigenvalue weighted by Crippen LogP contribution is -2.60. The molecule has 2 aromatic carbocycles. The average Bonchev–Trinajstić information content (AvgIpc) is 2.97. The van der Waals surface area contributed by atoms with Gasteiger partial charge in [0.1, 0.15) is 18.1 Å². The standard InChI is InChI=1S/C26H31NO5/c1-25(2)22-5-3-4-6-23(22)27-11-12-28-13-14-29-15-16-30-17-18-31-21-7-8-24-20(19-21)9-10-26(25,27)32-24/h3-10,19H,11-18H2,1-2H3. The third kappa shape index (κ3) is 3.66. The zero-order valence-electron chi connectivity index (χ0n) is 18.8. The highest BCUT2D eigenvalue weighted by Crippen LogP contribution is 2.54. The van der Waals surface area contributed by atoms with Crippen molar-refractivity contribution in [1.29, 1.82) is 0 Å². The molecule has 1 unspecified atom stereocenters. The molecule has 0 amide bonds. The lowest BCUT2D eigenvalue weighted by atomic mass is 9.76. The maximum atomic E-state index is 6.84. The maximum Gasteiger partial charge on any atom is 0.212 e. The molecule has 0 radical (unpaired) electrons. The molecule has 170 valence electrons. The van der Waals surface area contributed by atoms with E-state index < -0.39 is 5.72 Å². The summed E-state index contributed by atoms with van der Waals surface area (Å²) in [6.07, 6.45) is 4.35. The summed E-state index contributed by atoms with van der Waals surface area (Å²) in [5, 5.41) is 0. The molecule has 4 bridgehead atoms. The molecule has 0 fully saturated rings. The van der Waals surface area contributed by atoms with E-state index in [-0.39, 0.29) is 5.41 Å². The van der Waals surface area contributed by atoms with E-state index in [9.17, 15) is 0 Å². The Kier molecular flexibility index (Phi) is 5.84. The smallest absolute Gasteiger partial charge is 0.212 e. The van der Waals surface area contributed by atoms with Crippen molar-refractivity contribution in [3.63, 3.8) is 0 Å². The molecule has 5 aliphatic rings. The molecule has 6 nitrogen and oxygen atoms in total. The Morgan fingerprint density at radius 2 is 1.53 bits per heavy atom. The van der Waals surface area contributed by atoms with Crippen LogP contribution >= 0.6 is 0 Å². The predicted octanol–water partition coefficient (Wildman–Crippen LogP) is 4.03. The Labute approximate surface area is 189 Å². The van der Waals surface area contributed by atoms with Crippen LogP contribution in [0.4, 0.5) is 5.69 Å². The largest absolute Gasteiger partial charge is 0.491 e. The minimum atomic E-state index is -0.636. The third-order valence-corrected chi connectivity index (χ3v) is 6.60. The highest BCUT2D eigenvalue weighted by Gasteiger charge is 2.58. The molecular formula is C26H31NO5. The van der Waals surface area contributed by atoms with Gasteiger partial charge in [0, 0.05) is 17.8 Å². The highest BCUT2D eigenvalue weighted by atomic mass is 16.6. The van der Waals surface area contributed by atoms with Crippen LogP contribution in [0.5, 0.6) is 11.5 Å². The van der Waals surface area contributed by atoms with Gasteiger partial charge < -0.3 is 28.6 Å². The lowest BCUT2D eigenvalue weighted by Gasteiger charge is -2.47. The van der Waals surface area contributed by atoms with Crippen LogP contribution in [-0.4, -0.2) is 58.5 Å². The van der Waals surface area contributed by atoms with Crippen molar-refractivity contribution in [2.24, 2.45) is 0 Å². The summed E-state index contributed by atoms with van der Waals surface area (Å²) < 4.78 is 29.8. The van der Waals surface area contributed by atoms with Gasteiger partial charge in [-0.1, -0.05) is 18.2 Å². The molecule has 0 aromatic heterocycles. The number of hydrogen-bond acceptors (Lipinski definition) is 6. The number of ether oxygens (including phenoxy) is 5. The minimum absolute atomic E-state index is 0.258. The number of fused-ring (bicyclic) bond motifs is 2. The van der Waals surface area contributed by atoms with Gasteiger partial charge in [-0.05, 0) is 55.8 Å².